The van der Waals surface area contributed by atoms with E-state index in [9.17, 15) is 4.79 Å². The molecule has 0 saturated heterocycles. The molecule has 212 valence electrons. The minimum absolute atomic E-state index is 0.0425. The van der Waals surface area contributed by atoms with Gasteiger partial charge in [-0.1, -0.05) is 102 Å². The van der Waals surface area contributed by atoms with Crippen LogP contribution in [0.3, 0.4) is 0 Å². The Balaban J connectivity index is 1.53. The number of aromatic nitrogens is 1. The molecule has 0 atom stereocenters. The first-order chi connectivity index (χ1) is 18.6. The number of benzene rings is 1. The molecule has 1 aromatic carbocycles. The zero-order valence-corrected chi connectivity index (χ0v) is 24.6. The predicted molar refractivity (Wildman–Crippen MR) is 157 cm³/mol. The molecule has 0 aliphatic carbocycles. The van der Waals surface area contributed by atoms with Gasteiger partial charge in [-0.15, -0.1) is 0 Å². The molecule has 38 heavy (non-hydrogen) atoms. The number of hydrogen-bond donors (Lipinski definition) is 1. The summed E-state index contributed by atoms with van der Waals surface area (Å²) in [5, 5.41) is 3.44. The van der Waals surface area contributed by atoms with E-state index < -0.39 is 0 Å². The third-order valence-electron chi connectivity index (χ3n) is 6.73. The molecule has 1 amide bonds. The predicted octanol–water partition coefficient (Wildman–Crippen LogP) is 7.86. The van der Waals surface area contributed by atoms with Crippen molar-refractivity contribution in [3.63, 3.8) is 0 Å². The summed E-state index contributed by atoms with van der Waals surface area (Å²) in [5.41, 5.74) is 1.21. The van der Waals surface area contributed by atoms with Gasteiger partial charge in [0.25, 0.3) is 5.91 Å². The summed E-state index contributed by atoms with van der Waals surface area (Å²) in [7, 11) is 0. The Morgan fingerprint density at radius 2 is 1.53 bits per heavy atom. The van der Waals surface area contributed by atoms with Gasteiger partial charge in [-0.2, -0.15) is 0 Å². The van der Waals surface area contributed by atoms with Crippen LogP contribution in [0, 0.1) is 0 Å². The summed E-state index contributed by atoms with van der Waals surface area (Å²) in [4.78, 5) is 12.2. The Morgan fingerprint density at radius 1 is 0.842 bits per heavy atom. The lowest BCUT2D eigenvalue weighted by atomic mass is 10.1. The van der Waals surface area contributed by atoms with E-state index in [4.69, 9.17) is 21.1 Å². The molecule has 0 bridgehead atoms. The van der Waals surface area contributed by atoms with E-state index in [2.05, 4.69) is 36.0 Å². The normalized spacial score (nSPS) is 10.9. The van der Waals surface area contributed by atoms with Crippen molar-refractivity contribution in [2.45, 2.75) is 110 Å². The van der Waals surface area contributed by atoms with Crippen LogP contribution in [0.15, 0.2) is 42.6 Å². The fourth-order valence-electron chi connectivity index (χ4n) is 4.54. The number of carbonyl (C=O) groups is 1. The molecule has 0 unspecified atom stereocenters. The first-order valence-electron chi connectivity index (χ1n) is 14.9. The number of rotatable bonds is 22. The molecular weight excluding hydrogens is 496 g/mol. The van der Waals surface area contributed by atoms with Gasteiger partial charge >= 0.3 is 0 Å². The number of hydrogen-bond acceptors (Lipinski definition) is 3. The average Bonchev–Trinajstić information content (AvgIpc) is 2.92. The van der Waals surface area contributed by atoms with Gasteiger partial charge in [-0.25, -0.2) is 4.57 Å². The van der Waals surface area contributed by atoms with Gasteiger partial charge in [0.2, 0.25) is 0 Å². The molecule has 1 aromatic heterocycles. The van der Waals surface area contributed by atoms with Gasteiger partial charge < -0.3 is 14.8 Å². The maximum atomic E-state index is 12.2. The van der Waals surface area contributed by atoms with E-state index in [0.29, 0.717) is 29.7 Å². The minimum Gasteiger partial charge on any atom is -0.492 e. The van der Waals surface area contributed by atoms with Crippen LogP contribution in [-0.2, 0) is 17.8 Å². The van der Waals surface area contributed by atoms with E-state index in [1.165, 1.54) is 76.3 Å². The van der Waals surface area contributed by atoms with Crippen molar-refractivity contribution in [1.82, 2.24) is 5.32 Å². The van der Waals surface area contributed by atoms with Crippen molar-refractivity contribution in [2.75, 3.05) is 19.8 Å². The second kappa shape index (κ2) is 20.7. The lowest BCUT2D eigenvalue weighted by molar-refractivity contribution is -0.704. The standard InChI is InChI=1S/C32H49ClN2O3/c1-3-5-6-7-8-9-10-11-12-13-14-17-25-37-31-20-19-29(26-30(31)33)38-27-32(36)34-22-21-28-18-15-16-24-35(28)23-4-2/h15-16,18-20,24,26H,3-14,17,21-23,25,27H2,1-2H3/p+1. The molecule has 1 heterocycles. The highest BCUT2D eigenvalue weighted by Gasteiger charge is 2.10. The van der Waals surface area contributed by atoms with E-state index in [-0.39, 0.29) is 12.5 Å². The molecule has 0 aliphatic heterocycles. The van der Waals surface area contributed by atoms with Crippen LogP contribution in [0.4, 0.5) is 0 Å². The third-order valence-corrected chi connectivity index (χ3v) is 7.03. The summed E-state index contributed by atoms with van der Waals surface area (Å²) in [5.74, 6) is 1.08. The highest BCUT2D eigenvalue weighted by atomic mass is 35.5. The summed E-state index contributed by atoms with van der Waals surface area (Å²) in [6, 6.07) is 11.5. The number of unbranched alkanes of at least 4 members (excludes halogenated alkanes) is 11. The third kappa shape index (κ3) is 14.0. The lowest BCUT2D eigenvalue weighted by Crippen LogP contribution is -2.40. The van der Waals surface area contributed by atoms with Crippen molar-refractivity contribution in [2.24, 2.45) is 0 Å². The number of carbonyl (C=O) groups excluding carboxylic acids is 1. The van der Waals surface area contributed by atoms with Gasteiger partial charge in [-0.3, -0.25) is 4.79 Å². The summed E-state index contributed by atoms with van der Waals surface area (Å²) in [6.45, 7) is 6.60. The van der Waals surface area contributed by atoms with E-state index in [1.54, 1.807) is 12.1 Å². The number of nitrogens with one attached hydrogen (secondary N) is 1. The molecule has 0 radical (unpaired) electrons. The molecule has 5 nitrogen and oxygen atoms in total. The topological polar surface area (TPSA) is 51.4 Å². The fraction of sp³-hybridized carbons (Fsp3) is 0.625. The number of amides is 1. The molecule has 0 saturated carbocycles. The Kier molecular flexibility index (Phi) is 17.4. The van der Waals surface area contributed by atoms with Gasteiger partial charge in [0.1, 0.15) is 18.0 Å². The zero-order valence-electron chi connectivity index (χ0n) is 23.8. The Morgan fingerprint density at radius 3 is 2.18 bits per heavy atom. The van der Waals surface area contributed by atoms with Crippen LogP contribution < -0.4 is 19.4 Å². The van der Waals surface area contributed by atoms with Gasteiger partial charge in [0.05, 0.1) is 11.6 Å². The molecule has 6 heteroatoms. The quantitative estimate of drug-likeness (QED) is 0.121. The molecule has 2 aromatic rings. The van der Waals surface area contributed by atoms with Crippen molar-refractivity contribution in [3.05, 3.63) is 53.3 Å². The smallest absolute Gasteiger partial charge is 0.257 e. The molecule has 2 rings (SSSR count). The SMILES string of the molecule is CCCCCCCCCCCCCCOc1ccc(OCC(=O)NCCc2cccc[n+]2CCC)cc1Cl. The van der Waals surface area contributed by atoms with E-state index in [1.807, 2.05) is 18.2 Å². The highest BCUT2D eigenvalue weighted by molar-refractivity contribution is 6.32. The van der Waals surface area contributed by atoms with Gasteiger partial charge in [0.15, 0.2) is 18.5 Å². The molecule has 0 spiro atoms. The fourth-order valence-corrected chi connectivity index (χ4v) is 4.77. The Labute approximate surface area is 236 Å². The number of pyridine rings is 1. The molecule has 0 fully saturated rings. The summed E-state index contributed by atoms with van der Waals surface area (Å²) in [6.07, 6.45) is 19.8. The average molecular weight is 546 g/mol. The van der Waals surface area contributed by atoms with E-state index >= 15 is 0 Å². The van der Waals surface area contributed by atoms with Gasteiger partial charge in [-0.05, 0) is 18.6 Å². The Bertz CT molecular complexity index is 906. The number of aryl methyl sites for hydroxylation is 1. The number of halogens is 1. The van der Waals surface area contributed by atoms with E-state index in [0.717, 1.165) is 25.8 Å². The maximum Gasteiger partial charge on any atom is 0.257 e. The molecule has 1 N–H and O–H groups in total. The van der Waals surface area contributed by atoms with Crippen LogP contribution in [0.2, 0.25) is 5.02 Å². The summed E-state index contributed by atoms with van der Waals surface area (Å²) < 4.78 is 13.7. The first kappa shape index (κ1) is 31.9. The monoisotopic (exact) mass is 545 g/mol. The van der Waals surface area contributed by atoms with Crippen molar-refractivity contribution in [1.29, 1.82) is 0 Å². The number of nitrogens with zero attached hydrogens (tertiary/aromatic N) is 1. The van der Waals surface area contributed by atoms with Gasteiger partial charge in [0, 0.05) is 37.6 Å². The second-order valence-electron chi connectivity index (χ2n) is 10.1. The molecular formula is C32H50ClN2O3+. The number of ether oxygens (including phenoxy) is 2. The summed E-state index contributed by atoms with van der Waals surface area (Å²) >= 11 is 6.38. The highest BCUT2D eigenvalue weighted by Crippen LogP contribution is 2.29. The van der Waals surface area contributed by atoms with Crippen LogP contribution >= 0.6 is 11.6 Å². The maximum absolute atomic E-state index is 12.2. The zero-order chi connectivity index (χ0) is 27.3. The first-order valence-corrected chi connectivity index (χ1v) is 15.3. The van der Waals surface area contributed by atoms with Crippen molar-refractivity contribution in [3.8, 4) is 11.5 Å². The Hall–Kier alpha value is -2.27. The lowest BCUT2D eigenvalue weighted by Gasteiger charge is -2.11. The van der Waals surface area contributed by atoms with Crippen molar-refractivity contribution < 1.29 is 18.8 Å². The van der Waals surface area contributed by atoms with Crippen molar-refractivity contribution >= 4 is 17.5 Å². The van der Waals surface area contributed by atoms with Crippen LogP contribution in [-0.4, -0.2) is 25.7 Å². The molecule has 0 aliphatic rings. The largest absolute Gasteiger partial charge is 0.492 e. The minimum atomic E-state index is -0.147. The van der Waals surface area contributed by atoms with Crippen LogP contribution in [0.1, 0.15) is 103 Å². The van der Waals surface area contributed by atoms with Crippen LogP contribution in [0.5, 0.6) is 11.5 Å². The second-order valence-corrected chi connectivity index (χ2v) is 10.5. The van der Waals surface area contributed by atoms with Crippen LogP contribution in [0.25, 0.3) is 0 Å².